The fraction of sp³-hybridized carbons (Fsp3) is 0.429. The van der Waals surface area contributed by atoms with Crippen LogP contribution in [0.25, 0.3) is 0 Å². The summed E-state index contributed by atoms with van der Waals surface area (Å²) in [4.78, 5) is 34.1. The lowest BCUT2D eigenvalue weighted by Crippen LogP contribution is -2.50. The van der Waals surface area contributed by atoms with Crippen LogP contribution < -0.4 is 4.74 Å². The first kappa shape index (κ1) is 26.7. The predicted octanol–water partition coefficient (Wildman–Crippen LogP) is 4.45. The van der Waals surface area contributed by atoms with Crippen molar-refractivity contribution in [3.8, 4) is 5.75 Å². The highest BCUT2D eigenvalue weighted by atomic mass is 35.5. The fourth-order valence-corrected chi connectivity index (χ4v) is 5.01. The summed E-state index contributed by atoms with van der Waals surface area (Å²) in [7, 11) is 1.83. The molecular weight excluding hydrogens is 490 g/mol. The number of piperidine rings is 1. The summed E-state index contributed by atoms with van der Waals surface area (Å²) in [6.45, 7) is 2.69. The minimum Gasteiger partial charge on any atom is -0.493 e. The summed E-state index contributed by atoms with van der Waals surface area (Å²) < 4.78 is 7.91. The molecular formula is C28H34ClN5O3. The van der Waals surface area contributed by atoms with Gasteiger partial charge in [-0.05, 0) is 43.0 Å². The van der Waals surface area contributed by atoms with E-state index >= 15 is 0 Å². The summed E-state index contributed by atoms with van der Waals surface area (Å²) in [5.74, 6) is 0.796. The Labute approximate surface area is 223 Å². The molecule has 1 atom stereocenters. The van der Waals surface area contributed by atoms with Gasteiger partial charge in [-0.25, -0.2) is 4.98 Å². The summed E-state index contributed by atoms with van der Waals surface area (Å²) in [6, 6.07) is 17.2. The molecule has 2 aromatic carbocycles. The molecule has 0 bridgehead atoms. The van der Waals surface area contributed by atoms with Crippen LogP contribution >= 0.6 is 11.6 Å². The van der Waals surface area contributed by atoms with Crippen molar-refractivity contribution < 1.29 is 14.3 Å². The van der Waals surface area contributed by atoms with Crippen molar-refractivity contribution in [2.75, 3.05) is 26.7 Å². The number of hydrogen-bond donors (Lipinski definition) is 0. The van der Waals surface area contributed by atoms with Crippen LogP contribution in [0.1, 0.15) is 37.7 Å². The lowest BCUT2D eigenvalue weighted by Gasteiger charge is -2.43. The van der Waals surface area contributed by atoms with Crippen molar-refractivity contribution in [3.05, 3.63) is 77.8 Å². The number of carbonyl (C=O) groups excluding carboxylic acids is 2. The zero-order valence-electron chi connectivity index (χ0n) is 21.3. The second-order valence-corrected chi connectivity index (χ2v) is 10.3. The number of carbonyl (C=O) groups is 2. The molecule has 0 radical (unpaired) electrons. The Balaban J connectivity index is 1.43. The summed E-state index contributed by atoms with van der Waals surface area (Å²) in [6.07, 6.45) is 6.19. The molecule has 0 unspecified atom stereocenters. The monoisotopic (exact) mass is 523 g/mol. The number of halogens is 1. The minimum atomic E-state index is -0.482. The first-order chi connectivity index (χ1) is 17.9. The zero-order chi connectivity index (χ0) is 26.1. The number of rotatable bonds is 11. The number of aromatic nitrogens is 3. The molecule has 1 aliphatic heterocycles. The summed E-state index contributed by atoms with van der Waals surface area (Å²) in [5.41, 5.74) is 0.597. The van der Waals surface area contributed by atoms with Crippen molar-refractivity contribution in [2.45, 2.75) is 45.2 Å². The van der Waals surface area contributed by atoms with Crippen LogP contribution in [0.15, 0.2) is 67.3 Å². The standard InChI is InChI=1S/C28H34ClN5O3/c1-32(18-23-8-3-2-4-9-23)27(36)17-28(20-37-25-11-5-10-24(29)16-25)13-7-14-33(19-28)26(35)12-6-15-34-22-30-21-31-34/h2-5,8-11,16,21-22H,6-7,12-15,17-20H2,1H3/t28-/m0/s1. The molecule has 2 amide bonds. The lowest BCUT2D eigenvalue weighted by atomic mass is 9.77. The SMILES string of the molecule is CN(Cc1ccccc1)C(=O)C[C@@]1(COc2cccc(Cl)c2)CCCN(C(=O)CCCn2cncn2)C1. The van der Waals surface area contributed by atoms with Gasteiger partial charge in [0.25, 0.3) is 0 Å². The van der Waals surface area contributed by atoms with Gasteiger partial charge >= 0.3 is 0 Å². The number of likely N-dealkylation sites (tertiary alicyclic amines) is 1. The molecule has 1 aromatic heterocycles. The van der Waals surface area contributed by atoms with Crippen LogP contribution in [0.4, 0.5) is 0 Å². The Morgan fingerprint density at radius 3 is 2.76 bits per heavy atom. The lowest BCUT2D eigenvalue weighted by molar-refractivity contribution is -0.141. The number of amides is 2. The maximum Gasteiger partial charge on any atom is 0.223 e. The average molecular weight is 524 g/mol. The van der Waals surface area contributed by atoms with Crippen LogP contribution in [-0.2, 0) is 22.7 Å². The average Bonchev–Trinajstić information content (AvgIpc) is 3.42. The van der Waals surface area contributed by atoms with E-state index in [1.54, 1.807) is 28.0 Å². The van der Waals surface area contributed by atoms with Gasteiger partial charge in [-0.1, -0.05) is 48.0 Å². The number of aryl methyl sites for hydroxylation is 1. The van der Waals surface area contributed by atoms with Crippen molar-refractivity contribution in [1.29, 1.82) is 0 Å². The van der Waals surface area contributed by atoms with Crippen molar-refractivity contribution in [3.63, 3.8) is 0 Å². The molecule has 37 heavy (non-hydrogen) atoms. The van der Waals surface area contributed by atoms with E-state index in [4.69, 9.17) is 16.3 Å². The first-order valence-electron chi connectivity index (χ1n) is 12.7. The van der Waals surface area contributed by atoms with E-state index in [0.29, 0.717) is 62.8 Å². The van der Waals surface area contributed by atoms with E-state index in [0.717, 1.165) is 18.4 Å². The fourth-order valence-electron chi connectivity index (χ4n) is 4.83. The first-order valence-corrected chi connectivity index (χ1v) is 13.1. The van der Waals surface area contributed by atoms with Crippen molar-refractivity contribution in [2.24, 2.45) is 5.41 Å². The van der Waals surface area contributed by atoms with Gasteiger partial charge in [0, 0.05) is 56.5 Å². The topological polar surface area (TPSA) is 80.6 Å². The minimum absolute atomic E-state index is 0.0408. The van der Waals surface area contributed by atoms with Gasteiger partial charge in [0.2, 0.25) is 11.8 Å². The zero-order valence-corrected chi connectivity index (χ0v) is 22.0. The molecule has 3 aromatic rings. The quantitative estimate of drug-likeness (QED) is 0.371. The van der Waals surface area contributed by atoms with Crippen LogP contribution in [0.5, 0.6) is 5.75 Å². The number of ether oxygens (including phenoxy) is 1. The highest BCUT2D eigenvalue weighted by Gasteiger charge is 2.40. The van der Waals surface area contributed by atoms with Crippen molar-refractivity contribution >= 4 is 23.4 Å². The molecule has 2 heterocycles. The molecule has 1 fully saturated rings. The van der Waals surface area contributed by atoms with E-state index in [1.165, 1.54) is 6.33 Å². The van der Waals surface area contributed by atoms with Gasteiger partial charge in [-0.3, -0.25) is 14.3 Å². The molecule has 1 aliphatic rings. The molecule has 9 heteroatoms. The Morgan fingerprint density at radius 1 is 1.16 bits per heavy atom. The predicted molar refractivity (Wildman–Crippen MR) is 142 cm³/mol. The molecule has 196 valence electrons. The number of benzene rings is 2. The molecule has 0 spiro atoms. The largest absolute Gasteiger partial charge is 0.493 e. The molecule has 4 rings (SSSR count). The molecule has 0 saturated carbocycles. The maximum atomic E-state index is 13.4. The Morgan fingerprint density at radius 2 is 2.00 bits per heavy atom. The van der Waals surface area contributed by atoms with Crippen LogP contribution in [0.3, 0.4) is 0 Å². The second kappa shape index (κ2) is 12.7. The molecule has 0 aliphatic carbocycles. The van der Waals surface area contributed by atoms with E-state index in [2.05, 4.69) is 10.1 Å². The van der Waals surface area contributed by atoms with Crippen LogP contribution in [-0.4, -0.2) is 63.1 Å². The van der Waals surface area contributed by atoms with E-state index in [-0.39, 0.29) is 11.8 Å². The molecule has 1 saturated heterocycles. The van der Waals surface area contributed by atoms with Gasteiger partial charge in [-0.2, -0.15) is 5.10 Å². The molecule has 8 nitrogen and oxygen atoms in total. The second-order valence-electron chi connectivity index (χ2n) is 9.84. The third kappa shape index (κ3) is 7.79. The van der Waals surface area contributed by atoms with Crippen molar-refractivity contribution in [1.82, 2.24) is 24.6 Å². The highest BCUT2D eigenvalue weighted by Crippen LogP contribution is 2.36. The Kier molecular flexibility index (Phi) is 9.17. The van der Waals surface area contributed by atoms with E-state index in [9.17, 15) is 9.59 Å². The van der Waals surface area contributed by atoms with Crippen LogP contribution in [0, 0.1) is 5.41 Å². The summed E-state index contributed by atoms with van der Waals surface area (Å²) >= 11 is 6.15. The van der Waals surface area contributed by atoms with Gasteiger partial charge in [-0.15, -0.1) is 0 Å². The Hall–Kier alpha value is -3.39. The smallest absolute Gasteiger partial charge is 0.223 e. The number of hydrogen-bond acceptors (Lipinski definition) is 5. The van der Waals surface area contributed by atoms with Gasteiger partial charge in [0.1, 0.15) is 18.4 Å². The maximum absolute atomic E-state index is 13.4. The van der Waals surface area contributed by atoms with Crippen LogP contribution in [0.2, 0.25) is 5.02 Å². The normalized spacial score (nSPS) is 17.4. The molecule has 0 N–H and O–H groups in total. The Bertz CT molecular complexity index is 1160. The summed E-state index contributed by atoms with van der Waals surface area (Å²) in [5, 5.41) is 4.70. The van der Waals surface area contributed by atoms with E-state index in [1.807, 2.05) is 54.4 Å². The third-order valence-electron chi connectivity index (χ3n) is 6.81. The van der Waals surface area contributed by atoms with Gasteiger partial charge < -0.3 is 14.5 Å². The van der Waals surface area contributed by atoms with Gasteiger partial charge in [0.05, 0.1) is 6.61 Å². The van der Waals surface area contributed by atoms with E-state index < -0.39 is 5.41 Å². The highest BCUT2D eigenvalue weighted by molar-refractivity contribution is 6.30. The third-order valence-corrected chi connectivity index (χ3v) is 7.05. The number of nitrogens with zero attached hydrogens (tertiary/aromatic N) is 5. The van der Waals surface area contributed by atoms with Gasteiger partial charge in [0.15, 0.2) is 0 Å².